The minimum Gasteiger partial charge on any atom is -0.454 e. The van der Waals surface area contributed by atoms with Crippen molar-refractivity contribution in [3.63, 3.8) is 0 Å². The third kappa shape index (κ3) is 4.43. The van der Waals surface area contributed by atoms with Crippen LogP contribution >= 0.6 is 0 Å². The van der Waals surface area contributed by atoms with Crippen LogP contribution in [0.4, 0.5) is 5.69 Å². The molecule has 4 rings (SSSR count). The summed E-state index contributed by atoms with van der Waals surface area (Å²) in [5.74, 6) is 2.06. The lowest BCUT2D eigenvalue weighted by atomic mass is 10.2. The van der Waals surface area contributed by atoms with Crippen LogP contribution in [0.25, 0.3) is 0 Å². The van der Waals surface area contributed by atoms with Gasteiger partial charge >= 0.3 is 0 Å². The first-order chi connectivity index (χ1) is 14.2. The van der Waals surface area contributed by atoms with Crippen molar-refractivity contribution in [2.45, 2.75) is 38.9 Å². The van der Waals surface area contributed by atoms with Gasteiger partial charge < -0.3 is 14.6 Å². The smallest absolute Gasteiger partial charge is 0.241 e. The zero-order valence-electron chi connectivity index (χ0n) is 16.4. The third-order valence-electron chi connectivity index (χ3n) is 5.05. The Kier molecular flexibility index (Phi) is 5.81. The molecule has 1 amide bonds. The molecule has 8 heteroatoms. The van der Waals surface area contributed by atoms with Crippen molar-refractivity contribution in [3.05, 3.63) is 60.9 Å². The summed E-state index contributed by atoms with van der Waals surface area (Å²) >= 11 is 0. The molecule has 1 aromatic carbocycles. The average Bonchev–Trinajstić information content (AvgIpc) is 3.40. The van der Waals surface area contributed by atoms with E-state index >= 15 is 0 Å². The van der Waals surface area contributed by atoms with Gasteiger partial charge in [-0.25, -0.2) is 0 Å². The van der Waals surface area contributed by atoms with Gasteiger partial charge in [-0.2, -0.15) is 0 Å². The number of carbonyl (C=O) groups is 1. The maximum Gasteiger partial charge on any atom is 0.241 e. The summed E-state index contributed by atoms with van der Waals surface area (Å²) in [6, 6.07) is 10.9. The van der Waals surface area contributed by atoms with Crippen LogP contribution in [0.5, 0.6) is 11.5 Å². The second kappa shape index (κ2) is 8.83. The summed E-state index contributed by atoms with van der Waals surface area (Å²) in [6.45, 7) is 4.34. The highest BCUT2D eigenvalue weighted by Crippen LogP contribution is 2.30. The van der Waals surface area contributed by atoms with Gasteiger partial charge in [-0.05, 0) is 50.6 Å². The zero-order valence-corrected chi connectivity index (χ0v) is 16.4. The van der Waals surface area contributed by atoms with E-state index in [1.807, 2.05) is 41.0 Å². The molecule has 3 aromatic rings. The van der Waals surface area contributed by atoms with Crippen LogP contribution in [0, 0.1) is 0 Å². The molecule has 150 valence electrons. The lowest BCUT2D eigenvalue weighted by molar-refractivity contribution is -0.120. The van der Waals surface area contributed by atoms with Crippen LogP contribution in [0.15, 0.2) is 55.1 Å². The van der Waals surface area contributed by atoms with Crippen molar-refractivity contribution in [3.8, 4) is 11.5 Å². The van der Waals surface area contributed by atoms with E-state index in [-0.39, 0.29) is 11.9 Å². The van der Waals surface area contributed by atoms with E-state index in [0.29, 0.717) is 23.7 Å². The molecule has 0 saturated carbocycles. The maximum atomic E-state index is 13.0. The van der Waals surface area contributed by atoms with Gasteiger partial charge in [0.25, 0.3) is 0 Å². The summed E-state index contributed by atoms with van der Waals surface area (Å²) in [4.78, 5) is 19.3. The number of rotatable bonds is 7. The quantitative estimate of drug-likeness (QED) is 0.665. The Morgan fingerprint density at radius 1 is 1.28 bits per heavy atom. The Morgan fingerprint density at radius 3 is 3.00 bits per heavy atom. The van der Waals surface area contributed by atoms with E-state index in [0.717, 1.165) is 31.8 Å². The molecule has 0 unspecified atom stereocenters. The third-order valence-corrected chi connectivity index (χ3v) is 5.05. The molecule has 3 heterocycles. The van der Waals surface area contributed by atoms with Crippen LogP contribution in [0.2, 0.25) is 0 Å². The summed E-state index contributed by atoms with van der Waals surface area (Å²) in [6.07, 6.45) is 6.85. The standard InChI is InChI=1S/C21H24N6O2/c1-2-26-15-23-25-20(26)14-27-12-6-9-18(27)21(28)24-17-8-3-4-10-19(17)29-16-7-5-11-22-13-16/h3-5,7-8,10-11,13,15,18H,2,6,9,12,14H2,1H3,(H,24,28)/t18-/m0/s1. The number of benzene rings is 1. The number of amides is 1. The molecule has 29 heavy (non-hydrogen) atoms. The fourth-order valence-electron chi connectivity index (χ4n) is 3.57. The van der Waals surface area contributed by atoms with E-state index in [4.69, 9.17) is 4.74 Å². The number of likely N-dealkylation sites (tertiary alicyclic amines) is 1. The molecule has 1 atom stereocenters. The molecule has 0 radical (unpaired) electrons. The predicted molar refractivity (Wildman–Crippen MR) is 109 cm³/mol. The first-order valence-electron chi connectivity index (χ1n) is 9.83. The van der Waals surface area contributed by atoms with Crippen molar-refractivity contribution in [2.75, 3.05) is 11.9 Å². The average molecular weight is 392 g/mol. The number of hydrogen-bond donors (Lipinski definition) is 1. The molecule has 0 aliphatic carbocycles. The first kappa shape index (κ1) is 19.1. The highest BCUT2D eigenvalue weighted by atomic mass is 16.5. The molecule has 0 spiro atoms. The molecule has 2 aromatic heterocycles. The van der Waals surface area contributed by atoms with E-state index in [9.17, 15) is 4.79 Å². The monoisotopic (exact) mass is 392 g/mol. The summed E-state index contributed by atoms with van der Waals surface area (Å²) in [5, 5.41) is 11.2. The van der Waals surface area contributed by atoms with E-state index < -0.39 is 0 Å². The molecule has 0 bridgehead atoms. The molecule has 1 N–H and O–H groups in total. The number of aryl methyl sites for hydroxylation is 1. The highest BCUT2D eigenvalue weighted by Gasteiger charge is 2.32. The van der Waals surface area contributed by atoms with Crippen LogP contribution < -0.4 is 10.1 Å². The summed E-state index contributed by atoms with van der Waals surface area (Å²) in [5.41, 5.74) is 0.643. The zero-order chi connectivity index (χ0) is 20.1. The predicted octanol–water partition coefficient (Wildman–Crippen LogP) is 3.09. The van der Waals surface area contributed by atoms with Gasteiger partial charge in [0.15, 0.2) is 5.75 Å². The second-order valence-electron chi connectivity index (χ2n) is 6.94. The van der Waals surface area contributed by atoms with Crippen molar-refractivity contribution in [2.24, 2.45) is 0 Å². The SMILES string of the molecule is CCn1cnnc1CN1CCC[C@H]1C(=O)Nc1ccccc1Oc1cccnc1. The van der Waals surface area contributed by atoms with E-state index in [2.05, 4.69) is 32.3 Å². The largest absolute Gasteiger partial charge is 0.454 e. The minimum atomic E-state index is -0.205. The Balaban J connectivity index is 1.46. The van der Waals surface area contributed by atoms with Crippen molar-refractivity contribution < 1.29 is 9.53 Å². The van der Waals surface area contributed by atoms with Crippen molar-refractivity contribution in [1.29, 1.82) is 0 Å². The van der Waals surface area contributed by atoms with Crippen molar-refractivity contribution >= 4 is 11.6 Å². The Labute approximate surface area is 169 Å². The van der Waals surface area contributed by atoms with Gasteiger partial charge in [0, 0.05) is 12.7 Å². The number of pyridine rings is 1. The Hall–Kier alpha value is -3.26. The minimum absolute atomic E-state index is 0.0349. The summed E-state index contributed by atoms with van der Waals surface area (Å²) in [7, 11) is 0. The molecule has 1 saturated heterocycles. The Bertz CT molecular complexity index is 959. The van der Waals surface area contributed by atoms with E-state index in [1.165, 1.54) is 0 Å². The van der Waals surface area contributed by atoms with Gasteiger partial charge in [0.1, 0.15) is 17.9 Å². The second-order valence-corrected chi connectivity index (χ2v) is 6.94. The Morgan fingerprint density at radius 2 is 2.17 bits per heavy atom. The number of nitrogens with one attached hydrogen (secondary N) is 1. The number of aromatic nitrogens is 4. The molecule has 1 aliphatic heterocycles. The van der Waals surface area contributed by atoms with Crippen LogP contribution in [0.1, 0.15) is 25.6 Å². The maximum absolute atomic E-state index is 13.0. The lowest BCUT2D eigenvalue weighted by Crippen LogP contribution is -2.39. The molecule has 8 nitrogen and oxygen atoms in total. The van der Waals surface area contributed by atoms with Crippen LogP contribution in [0.3, 0.4) is 0 Å². The number of carbonyl (C=O) groups excluding carboxylic acids is 1. The van der Waals surface area contributed by atoms with Crippen molar-refractivity contribution in [1.82, 2.24) is 24.6 Å². The number of para-hydroxylation sites is 2. The van der Waals surface area contributed by atoms with Gasteiger partial charge in [0.05, 0.1) is 24.5 Å². The van der Waals surface area contributed by atoms with E-state index in [1.54, 1.807) is 18.7 Å². The number of hydrogen-bond acceptors (Lipinski definition) is 6. The number of ether oxygens (including phenoxy) is 1. The lowest BCUT2D eigenvalue weighted by Gasteiger charge is -2.23. The topological polar surface area (TPSA) is 85.2 Å². The van der Waals surface area contributed by atoms with Crippen LogP contribution in [-0.4, -0.2) is 43.1 Å². The normalized spacial score (nSPS) is 16.7. The van der Waals surface area contributed by atoms with Gasteiger partial charge in [-0.3, -0.25) is 14.7 Å². The number of nitrogens with zero attached hydrogens (tertiary/aromatic N) is 5. The fraction of sp³-hybridized carbons (Fsp3) is 0.333. The molecular weight excluding hydrogens is 368 g/mol. The fourth-order valence-corrected chi connectivity index (χ4v) is 3.57. The molecular formula is C21H24N6O2. The van der Waals surface area contributed by atoms with Crippen LogP contribution in [-0.2, 0) is 17.9 Å². The highest BCUT2D eigenvalue weighted by molar-refractivity contribution is 5.96. The first-order valence-corrected chi connectivity index (χ1v) is 9.83. The van der Waals surface area contributed by atoms with Gasteiger partial charge in [0.2, 0.25) is 5.91 Å². The van der Waals surface area contributed by atoms with Gasteiger partial charge in [-0.1, -0.05) is 12.1 Å². The molecule has 1 fully saturated rings. The summed E-state index contributed by atoms with van der Waals surface area (Å²) < 4.78 is 7.91. The van der Waals surface area contributed by atoms with Gasteiger partial charge in [-0.15, -0.1) is 10.2 Å². The number of anilines is 1. The molecule has 1 aliphatic rings.